The van der Waals surface area contributed by atoms with E-state index in [1.807, 2.05) is 25.1 Å². The summed E-state index contributed by atoms with van der Waals surface area (Å²) in [6, 6.07) is 12.2. The molecule has 3 rings (SSSR count). The molecule has 7 heteroatoms. The number of carbonyl (C=O) groups excluding carboxylic acids is 1. The number of nitrogens with one attached hydrogen (secondary N) is 2. The van der Waals surface area contributed by atoms with Crippen LogP contribution in [0.1, 0.15) is 21.9 Å². The highest BCUT2D eigenvalue weighted by molar-refractivity contribution is 6.03. The number of amides is 1. The molecule has 3 aromatic rings. The highest BCUT2D eigenvalue weighted by Gasteiger charge is 2.12. The second-order valence-corrected chi connectivity index (χ2v) is 5.71. The largest absolute Gasteiger partial charge is 0.340 e. The van der Waals surface area contributed by atoms with Crippen molar-refractivity contribution in [3.63, 3.8) is 0 Å². The molecule has 0 unspecified atom stereocenters. The normalized spacial score (nSPS) is 10.5. The molecule has 0 aliphatic carbocycles. The van der Waals surface area contributed by atoms with Crippen LogP contribution < -0.4 is 10.6 Å². The summed E-state index contributed by atoms with van der Waals surface area (Å²) in [7, 11) is 0. The van der Waals surface area contributed by atoms with E-state index >= 15 is 0 Å². The Labute approximate surface area is 149 Å². The summed E-state index contributed by atoms with van der Waals surface area (Å²) in [4.78, 5) is 20.8. The maximum atomic E-state index is 13.3. The molecule has 1 amide bonds. The maximum absolute atomic E-state index is 13.3. The van der Waals surface area contributed by atoms with Crippen LogP contribution >= 0.6 is 0 Å². The van der Waals surface area contributed by atoms with Gasteiger partial charge in [-0.15, -0.1) is 0 Å². The zero-order chi connectivity index (χ0) is 18.7. The number of benzene rings is 2. The zero-order valence-corrected chi connectivity index (χ0v) is 14.2. The van der Waals surface area contributed by atoms with Gasteiger partial charge in [0, 0.05) is 23.5 Å². The second-order valence-electron chi connectivity index (χ2n) is 5.71. The summed E-state index contributed by atoms with van der Waals surface area (Å²) >= 11 is 0. The Kier molecular flexibility index (Phi) is 4.88. The Balaban J connectivity index is 1.84. The molecule has 0 atom stereocenters. The van der Waals surface area contributed by atoms with E-state index in [9.17, 15) is 13.6 Å². The number of carbonyl (C=O) groups is 1. The van der Waals surface area contributed by atoms with Gasteiger partial charge in [-0.1, -0.05) is 18.2 Å². The van der Waals surface area contributed by atoms with E-state index in [1.54, 1.807) is 13.0 Å². The third kappa shape index (κ3) is 4.00. The third-order valence-electron chi connectivity index (χ3n) is 3.66. The second kappa shape index (κ2) is 7.26. The predicted octanol–water partition coefficient (Wildman–Crippen LogP) is 4.37. The van der Waals surface area contributed by atoms with Crippen LogP contribution in [0.2, 0.25) is 0 Å². The number of para-hydroxylation sites is 1. The Morgan fingerprint density at radius 2 is 1.73 bits per heavy atom. The average Bonchev–Trinajstić information content (AvgIpc) is 2.59. The molecule has 0 bridgehead atoms. The number of anilines is 3. The van der Waals surface area contributed by atoms with Crippen LogP contribution in [-0.4, -0.2) is 15.9 Å². The minimum atomic E-state index is -0.974. The van der Waals surface area contributed by atoms with Crippen LogP contribution in [0.3, 0.4) is 0 Å². The molecule has 1 heterocycles. The summed E-state index contributed by atoms with van der Waals surface area (Å²) in [5, 5.41) is 5.64. The SMILES string of the molecule is Cc1nc(Nc2ccc(F)c(F)c2)cc(C(=O)Nc2ccccc2C)n1. The van der Waals surface area contributed by atoms with E-state index in [0.717, 1.165) is 17.7 Å². The minimum Gasteiger partial charge on any atom is -0.340 e. The van der Waals surface area contributed by atoms with Crippen molar-refractivity contribution >= 4 is 23.1 Å². The van der Waals surface area contributed by atoms with Gasteiger partial charge in [-0.25, -0.2) is 18.7 Å². The Morgan fingerprint density at radius 1 is 0.962 bits per heavy atom. The van der Waals surface area contributed by atoms with Gasteiger partial charge >= 0.3 is 0 Å². The molecule has 2 N–H and O–H groups in total. The lowest BCUT2D eigenvalue weighted by Crippen LogP contribution is -2.16. The molecule has 5 nitrogen and oxygen atoms in total. The summed E-state index contributed by atoms with van der Waals surface area (Å²) in [6.07, 6.45) is 0. The van der Waals surface area contributed by atoms with Crippen molar-refractivity contribution in [2.75, 3.05) is 10.6 Å². The Hall–Kier alpha value is -3.35. The van der Waals surface area contributed by atoms with E-state index in [4.69, 9.17) is 0 Å². The fraction of sp³-hybridized carbons (Fsp3) is 0.105. The first-order chi connectivity index (χ1) is 12.4. The van der Waals surface area contributed by atoms with E-state index in [1.165, 1.54) is 12.1 Å². The minimum absolute atomic E-state index is 0.158. The smallest absolute Gasteiger partial charge is 0.274 e. The lowest BCUT2D eigenvalue weighted by molar-refractivity contribution is 0.102. The van der Waals surface area contributed by atoms with Crippen molar-refractivity contribution in [2.24, 2.45) is 0 Å². The van der Waals surface area contributed by atoms with E-state index in [-0.39, 0.29) is 5.69 Å². The number of hydrogen-bond acceptors (Lipinski definition) is 4. The van der Waals surface area contributed by atoms with E-state index in [0.29, 0.717) is 23.0 Å². The Morgan fingerprint density at radius 3 is 2.46 bits per heavy atom. The van der Waals surface area contributed by atoms with Crippen molar-refractivity contribution < 1.29 is 13.6 Å². The lowest BCUT2D eigenvalue weighted by Gasteiger charge is -2.10. The van der Waals surface area contributed by atoms with E-state index < -0.39 is 17.5 Å². The van der Waals surface area contributed by atoms with Crippen LogP contribution in [0.4, 0.5) is 26.0 Å². The first-order valence-electron chi connectivity index (χ1n) is 7.87. The average molecular weight is 354 g/mol. The quantitative estimate of drug-likeness (QED) is 0.730. The molecule has 132 valence electrons. The molecule has 2 aromatic carbocycles. The van der Waals surface area contributed by atoms with Gasteiger partial charge in [0.2, 0.25) is 0 Å². The zero-order valence-electron chi connectivity index (χ0n) is 14.2. The van der Waals surface area contributed by atoms with Gasteiger partial charge in [0.15, 0.2) is 11.6 Å². The summed E-state index contributed by atoms with van der Waals surface area (Å²) in [5.41, 5.74) is 2.08. The van der Waals surface area contributed by atoms with Gasteiger partial charge in [0.25, 0.3) is 5.91 Å². The van der Waals surface area contributed by atoms with Gasteiger partial charge < -0.3 is 10.6 Å². The van der Waals surface area contributed by atoms with Crippen molar-refractivity contribution in [3.8, 4) is 0 Å². The summed E-state index contributed by atoms with van der Waals surface area (Å²) in [6.45, 7) is 3.53. The van der Waals surface area contributed by atoms with Gasteiger partial charge in [-0.2, -0.15) is 0 Å². The van der Waals surface area contributed by atoms with Gasteiger partial charge in [0.1, 0.15) is 17.3 Å². The summed E-state index contributed by atoms with van der Waals surface area (Å²) in [5.74, 6) is -1.63. The van der Waals surface area contributed by atoms with Crippen LogP contribution in [0, 0.1) is 25.5 Å². The number of aryl methyl sites for hydroxylation is 2. The van der Waals surface area contributed by atoms with Gasteiger partial charge in [0.05, 0.1) is 0 Å². The highest BCUT2D eigenvalue weighted by Crippen LogP contribution is 2.19. The molecule has 1 aromatic heterocycles. The highest BCUT2D eigenvalue weighted by atomic mass is 19.2. The summed E-state index contributed by atoms with van der Waals surface area (Å²) < 4.78 is 26.4. The number of hydrogen-bond donors (Lipinski definition) is 2. The molecule has 0 saturated heterocycles. The monoisotopic (exact) mass is 354 g/mol. The fourth-order valence-corrected chi connectivity index (χ4v) is 2.37. The number of aromatic nitrogens is 2. The van der Waals surface area contributed by atoms with E-state index in [2.05, 4.69) is 20.6 Å². The van der Waals surface area contributed by atoms with Gasteiger partial charge in [-0.05, 0) is 37.6 Å². The maximum Gasteiger partial charge on any atom is 0.274 e. The van der Waals surface area contributed by atoms with Crippen molar-refractivity contribution in [3.05, 3.63) is 77.2 Å². The third-order valence-corrected chi connectivity index (χ3v) is 3.66. The molecule has 0 radical (unpaired) electrons. The van der Waals surface area contributed by atoms with Crippen LogP contribution in [0.5, 0.6) is 0 Å². The number of halogens is 2. The predicted molar refractivity (Wildman–Crippen MR) is 95.5 cm³/mol. The van der Waals surface area contributed by atoms with Crippen molar-refractivity contribution in [2.45, 2.75) is 13.8 Å². The molecule has 0 fully saturated rings. The van der Waals surface area contributed by atoms with Crippen LogP contribution in [-0.2, 0) is 0 Å². The molecular formula is C19H16F2N4O. The first-order valence-corrected chi connectivity index (χ1v) is 7.87. The van der Waals surface area contributed by atoms with Crippen molar-refractivity contribution in [1.29, 1.82) is 0 Å². The van der Waals surface area contributed by atoms with Crippen LogP contribution in [0.25, 0.3) is 0 Å². The first kappa shape index (κ1) is 17.5. The molecule has 0 aliphatic rings. The molecule has 0 saturated carbocycles. The molecule has 0 spiro atoms. The van der Waals surface area contributed by atoms with Crippen LogP contribution in [0.15, 0.2) is 48.5 Å². The lowest BCUT2D eigenvalue weighted by atomic mass is 10.2. The molecular weight excluding hydrogens is 338 g/mol. The Bertz CT molecular complexity index is 976. The molecule has 26 heavy (non-hydrogen) atoms. The van der Waals surface area contributed by atoms with Crippen molar-refractivity contribution in [1.82, 2.24) is 9.97 Å². The van der Waals surface area contributed by atoms with Gasteiger partial charge in [-0.3, -0.25) is 4.79 Å². The molecule has 0 aliphatic heterocycles. The number of nitrogens with zero attached hydrogens (tertiary/aromatic N) is 2. The number of rotatable bonds is 4. The fourth-order valence-electron chi connectivity index (χ4n) is 2.37. The standard InChI is InChI=1S/C19H16F2N4O/c1-11-5-3-4-6-16(11)25-19(26)17-10-18(23-12(2)22-17)24-13-7-8-14(20)15(21)9-13/h3-10H,1-2H3,(H,25,26)(H,22,23,24). The topological polar surface area (TPSA) is 66.9 Å².